The van der Waals surface area contributed by atoms with Gasteiger partial charge in [-0.25, -0.2) is 14.2 Å². The van der Waals surface area contributed by atoms with Gasteiger partial charge < -0.3 is 0 Å². The van der Waals surface area contributed by atoms with E-state index in [1.807, 2.05) is 13.8 Å². The molecule has 26 heavy (non-hydrogen) atoms. The van der Waals surface area contributed by atoms with Crippen LogP contribution in [-0.4, -0.2) is 14.1 Å². The maximum Gasteiger partial charge on any atom is 0.332 e. The minimum absolute atomic E-state index is 0.136. The van der Waals surface area contributed by atoms with Crippen LogP contribution in [0, 0.1) is 5.82 Å². The van der Waals surface area contributed by atoms with E-state index in [-0.39, 0.29) is 17.3 Å². The molecule has 0 atom stereocenters. The Hall–Kier alpha value is -2.41. The Kier molecular flexibility index (Phi) is 5.00. The average molecular weight is 373 g/mol. The van der Waals surface area contributed by atoms with Gasteiger partial charge in [0.25, 0.3) is 5.56 Å². The van der Waals surface area contributed by atoms with Crippen molar-refractivity contribution >= 4 is 22.8 Å². The number of aromatic nitrogens is 3. The number of nitrogens with zero attached hydrogens (tertiary/aromatic N) is 3. The highest BCUT2D eigenvalue weighted by atomic mass is 32.2. The minimum atomic E-state index is -0.419. The van der Waals surface area contributed by atoms with Crippen LogP contribution in [0.15, 0.2) is 44.9 Å². The molecule has 1 aromatic carbocycles. The molecule has 136 valence electrons. The Morgan fingerprint density at radius 3 is 2.50 bits per heavy atom. The molecular formula is C19H20FN3O2S. The number of hydrogen-bond acceptors (Lipinski definition) is 4. The lowest BCUT2D eigenvalue weighted by atomic mass is 10.0. The quantitative estimate of drug-likeness (QED) is 0.659. The smallest absolute Gasteiger partial charge is 0.280 e. The highest BCUT2D eigenvalue weighted by Gasteiger charge is 2.19. The van der Waals surface area contributed by atoms with Crippen LogP contribution >= 0.6 is 11.8 Å². The van der Waals surface area contributed by atoms with Crippen molar-refractivity contribution in [3.8, 4) is 0 Å². The molecule has 7 heteroatoms. The molecule has 2 heterocycles. The summed E-state index contributed by atoms with van der Waals surface area (Å²) in [5.41, 5.74) is 1.03. The number of benzene rings is 1. The number of rotatable bonds is 4. The Balaban J connectivity index is 2.24. The number of halogens is 1. The van der Waals surface area contributed by atoms with Crippen molar-refractivity contribution < 1.29 is 4.39 Å². The molecule has 0 fully saturated rings. The Morgan fingerprint density at radius 2 is 1.85 bits per heavy atom. The third-order valence-corrected chi connectivity index (χ3v) is 5.58. The monoisotopic (exact) mass is 373 g/mol. The van der Waals surface area contributed by atoms with Crippen molar-refractivity contribution in [1.82, 2.24) is 14.1 Å². The van der Waals surface area contributed by atoms with Crippen molar-refractivity contribution in [3.05, 3.63) is 68.2 Å². The molecule has 2 aromatic heterocycles. The van der Waals surface area contributed by atoms with Gasteiger partial charge in [0, 0.05) is 30.9 Å². The van der Waals surface area contributed by atoms with E-state index < -0.39 is 5.69 Å². The molecule has 5 nitrogen and oxygen atoms in total. The van der Waals surface area contributed by atoms with Crippen LogP contribution in [0.25, 0.3) is 11.0 Å². The van der Waals surface area contributed by atoms with Gasteiger partial charge in [0.1, 0.15) is 11.5 Å². The Morgan fingerprint density at radius 1 is 1.15 bits per heavy atom. The van der Waals surface area contributed by atoms with Gasteiger partial charge in [-0.3, -0.25) is 13.9 Å². The fourth-order valence-corrected chi connectivity index (χ4v) is 4.16. The van der Waals surface area contributed by atoms with E-state index in [4.69, 9.17) is 0 Å². The summed E-state index contributed by atoms with van der Waals surface area (Å²) in [7, 11) is 3.05. The van der Waals surface area contributed by atoms with Crippen LogP contribution in [0.2, 0.25) is 0 Å². The fraction of sp³-hybridized carbons (Fsp3) is 0.316. The standard InChI is InChI=1S/C19H20FN3O2S/c1-11(2)13-9-21-17-15(18(24)23(4)19(25)22(17)3)16(13)26-10-12-7-5-6-8-14(12)20/h5-9,11H,10H2,1-4H3. The second-order valence-corrected chi connectivity index (χ2v) is 7.47. The van der Waals surface area contributed by atoms with E-state index in [0.29, 0.717) is 22.3 Å². The van der Waals surface area contributed by atoms with Crippen molar-refractivity contribution in [3.63, 3.8) is 0 Å². The van der Waals surface area contributed by atoms with Gasteiger partial charge in [-0.2, -0.15) is 0 Å². The van der Waals surface area contributed by atoms with Crippen LogP contribution in [0.5, 0.6) is 0 Å². The van der Waals surface area contributed by atoms with E-state index >= 15 is 0 Å². The first-order valence-electron chi connectivity index (χ1n) is 8.27. The highest BCUT2D eigenvalue weighted by molar-refractivity contribution is 7.98. The summed E-state index contributed by atoms with van der Waals surface area (Å²) in [6, 6.07) is 6.59. The van der Waals surface area contributed by atoms with Gasteiger partial charge >= 0.3 is 5.69 Å². The van der Waals surface area contributed by atoms with E-state index in [0.717, 1.165) is 15.0 Å². The third-order valence-electron chi connectivity index (χ3n) is 4.40. The summed E-state index contributed by atoms with van der Waals surface area (Å²) in [5, 5.41) is 0.405. The molecule has 0 aliphatic rings. The van der Waals surface area contributed by atoms with E-state index in [1.165, 1.54) is 29.4 Å². The summed E-state index contributed by atoms with van der Waals surface area (Å²) in [6.07, 6.45) is 1.70. The first-order chi connectivity index (χ1) is 12.3. The second-order valence-electron chi connectivity index (χ2n) is 6.48. The lowest BCUT2D eigenvalue weighted by molar-refractivity contribution is 0.617. The van der Waals surface area contributed by atoms with Gasteiger partial charge in [0.05, 0.1) is 5.39 Å². The van der Waals surface area contributed by atoms with Crippen LogP contribution in [-0.2, 0) is 19.8 Å². The van der Waals surface area contributed by atoms with Gasteiger partial charge in [0.2, 0.25) is 0 Å². The van der Waals surface area contributed by atoms with Crippen molar-refractivity contribution in [2.24, 2.45) is 14.1 Å². The molecule has 0 saturated carbocycles. The first kappa shape index (κ1) is 18.4. The molecule has 0 amide bonds. The van der Waals surface area contributed by atoms with E-state index in [1.54, 1.807) is 31.4 Å². The molecule has 0 saturated heterocycles. The molecule has 0 spiro atoms. The number of aryl methyl sites for hydroxylation is 1. The lowest BCUT2D eigenvalue weighted by Gasteiger charge is -2.16. The molecule has 0 N–H and O–H groups in total. The Bertz CT molecular complexity index is 1100. The van der Waals surface area contributed by atoms with Crippen molar-refractivity contribution in [1.29, 1.82) is 0 Å². The van der Waals surface area contributed by atoms with Gasteiger partial charge in [-0.1, -0.05) is 32.0 Å². The summed E-state index contributed by atoms with van der Waals surface area (Å²) in [4.78, 5) is 30.1. The van der Waals surface area contributed by atoms with Gasteiger partial charge in [0.15, 0.2) is 0 Å². The third kappa shape index (κ3) is 3.07. The first-order valence-corrected chi connectivity index (χ1v) is 9.26. The average Bonchev–Trinajstić information content (AvgIpc) is 2.63. The second kappa shape index (κ2) is 7.07. The summed E-state index contributed by atoms with van der Waals surface area (Å²) in [6.45, 7) is 4.03. The molecule has 0 aliphatic carbocycles. The van der Waals surface area contributed by atoms with Crippen LogP contribution < -0.4 is 11.2 Å². The highest BCUT2D eigenvalue weighted by Crippen LogP contribution is 2.34. The topological polar surface area (TPSA) is 56.9 Å². The molecule has 3 rings (SSSR count). The van der Waals surface area contributed by atoms with Crippen LogP contribution in [0.3, 0.4) is 0 Å². The molecule has 0 aliphatic heterocycles. The van der Waals surface area contributed by atoms with Crippen LogP contribution in [0.4, 0.5) is 4.39 Å². The predicted molar refractivity (Wildman–Crippen MR) is 102 cm³/mol. The maximum atomic E-state index is 14.0. The number of fused-ring (bicyclic) bond motifs is 1. The predicted octanol–water partition coefficient (Wildman–Crippen LogP) is 3.19. The van der Waals surface area contributed by atoms with Crippen molar-refractivity contribution in [2.75, 3.05) is 0 Å². The van der Waals surface area contributed by atoms with Gasteiger partial charge in [-0.05, 0) is 23.1 Å². The normalized spacial score (nSPS) is 11.5. The van der Waals surface area contributed by atoms with E-state index in [2.05, 4.69) is 4.98 Å². The molecule has 0 radical (unpaired) electrons. The van der Waals surface area contributed by atoms with Gasteiger partial charge in [-0.15, -0.1) is 11.8 Å². The van der Waals surface area contributed by atoms with Crippen molar-refractivity contribution in [2.45, 2.75) is 30.4 Å². The zero-order valence-electron chi connectivity index (χ0n) is 15.1. The summed E-state index contributed by atoms with van der Waals surface area (Å²) in [5.74, 6) is 0.249. The molecular weight excluding hydrogens is 353 g/mol. The molecule has 3 aromatic rings. The zero-order chi connectivity index (χ0) is 19.0. The SMILES string of the molecule is CC(C)c1cnc2c(c1SCc1ccccc1F)c(=O)n(C)c(=O)n2C. The molecule has 0 unspecified atom stereocenters. The minimum Gasteiger partial charge on any atom is -0.280 e. The fourth-order valence-electron chi connectivity index (χ4n) is 2.85. The number of thioether (sulfide) groups is 1. The maximum absolute atomic E-state index is 14.0. The number of pyridine rings is 1. The summed E-state index contributed by atoms with van der Waals surface area (Å²) >= 11 is 1.40. The van der Waals surface area contributed by atoms with E-state index in [9.17, 15) is 14.0 Å². The van der Waals surface area contributed by atoms with Crippen LogP contribution in [0.1, 0.15) is 30.9 Å². The summed E-state index contributed by atoms with van der Waals surface area (Å²) < 4.78 is 16.4. The Labute approximate surface area is 154 Å². The largest absolute Gasteiger partial charge is 0.332 e. The lowest BCUT2D eigenvalue weighted by Crippen LogP contribution is -2.37. The number of hydrogen-bond donors (Lipinski definition) is 0. The zero-order valence-corrected chi connectivity index (χ0v) is 15.9. The molecule has 0 bridgehead atoms.